The van der Waals surface area contributed by atoms with Crippen molar-refractivity contribution in [2.24, 2.45) is 5.92 Å². The molecule has 5 heteroatoms. The number of carbonyl (C=O) groups excluding carboxylic acids is 1. The summed E-state index contributed by atoms with van der Waals surface area (Å²) in [4.78, 5) is 19.9. The van der Waals surface area contributed by atoms with Gasteiger partial charge in [0.2, 0.25) is 5.91 Å². The van der Waals surface area contributed by atoms with E-state index in [0.29, 0.717) is 16.5 Å². The van der Waals surface area contributed by atoms with Crippen molar-refractivity contribution in [2.45, 2.75) is 37.5 Å². The molecule has 0 radical (unpaired) electrons. The Morgan fingerprint density at radius 2 is 1.53 bits per heavy atom. The fourth-order valence-corrected chi connectivity index (χ4v) is 4.09. The molecule has 0 fully saturated rings. The highest BCUT2D eigenvalue weighted by Gasteiger charge is 2.25. The normalized spacial score (nSPS) is 11.7. The fraction of sp³-hybridized carbons (Fsp3) is 0.240. The Morgan fingerprint density at radius 3 is 2.03 bits per heavy atom. The number of anilines is 2. The van der Waals surface area contributed by atoms with E-state index in [4.69, 9.17) is 0 Å². The van der Waals surface area contributed by atoms with E-state index in [-0.39, 0.29) is 5.91 Å². The van der Waals surface area contributed by atoms with Gasteiger partial charge in [0, 0.05) is 17.1 Å². The number of amides is 1. The van der Waals surface area contributed by atoms with Gasteiger partial charge in [-0.3, -0.25) is 9.69 Å². The second-order valence-electron chi connectivity index (χ2n) is 7.47. The van der Waals surface area contributed by atoms with Crippen LogP contribution in [0, 0.1) is 17.2 Å². The summed E-state index contributed by atoms with van der Waals surface area (Å²) in [7, 11) is 0. The SMILES string of the molecule is CC(C)Cc1ccc(C#N)c(SC(C)C(=O)N(c2ccccc2)c2ccccc2)n1. The average Bonchev–Trinajstić information content (AvgIpc) is 2.75. The second kappa shape index (κ2) is 10.1. The molecule has 0 bridgehead atoms. The van der Waals surface area contributed by atoms with Crippen molar-refractivity contribution in [3.05, 3.63) is 84.1 Å². The molecule has 3 aromatic rings. The molecule has 0 saturated heterocycles. The predicted octanol–water partition coefficient (Wildman–Crippen LogP) is 6.00. The zero-order chi connectivity index (χ0) is 21.5. The van der Waals surface area contributed by atoms with E-state index in [0.717, 1.165) is 23.5 Å². The molecule has 4 nitrogen and oxygen atoms in total. The van der Waals surface area contributed by atoms with Gasteiger partial charge < -0.3 is 0 Å². The van der Waals surface area contributed by atoms with Gasteiger partial charge in [0.05, 0.1) is 10.8 Å². The molecule has 0 aliphatic heterocycles. The van der Waals surface area contributed by atoms with Gasteiger partial charge in [-0.2, -0.15) is 5.26 Å². The summed E-state index contributed by atoms with van der Waals surface area (Å²) in [6.45, 7) is 6.14. The van der Waals surface area contributed by atoms with Gasteiger partial charge >= 0.3 is 0 Å². The van der Waals surface area contributed by atoms with Gasteiger partial charge in [0.25, 0.3) is 0 Å². The first-order chi connectivity index (χ1) is 14.5. The van der Waals surface area contributed by atoms with Crippen molar-refractivity contribution in [1.29, 1.82) is 5.26 Å². The minimum Gasteiger partial charge on any atom is -0.280 e. The van der Waals surface area contributed by atoms with E-state index < -0.39 is 5.25 Å². The van der Waals surface area contributed by atoms with E-state index in [1.807, 2.05) is 73.7 Å². The van der Waals surface area contributed by atoms with Crippen LogP contribution in [0.2, 0.25) is 0 Å². The van der Waals surface area contributed by atoms with Gasteiger partial charge in [0.15, 0.2) is 0 Å². The van der Waals surface area contributed by atoms with Crippen LogP contribution in [0.15, 0.2) is 77.8 Å². The topological polar surface area (TPSA) is 57.0 Å². The zero-order valence-corrected chi connectivity index (χ0v) is 18.3. The lowest BCUT2D eigenvalue weighted by Gasteiger charge is -2.26. The number of rotatable bonds is 7. The second-order valence-corrected chi connectivity index (χ2v) is 8.80. The molecule has 0 aliphatic rings. The summed E-state index contributed by atoms with van der Waals surface area (Å²) in [5.74, 6) is 0.409. The van der Waals surface area contributed by atoms with Crippen molar-refractivity contribution in [3.63, 3.8) is 0 Å². The minimum atomic E-state index is -0.417. The number of para-hydroxylation sites is 2. The van der Waals surface area contributed by atoms with Crippen LogP contribution in [0.1, 0.15) is 32.0 Å². The Balaban J connectivity index is 1.91. The third kappa shape index (κ3) is 5.28. The number of aromatic nitrogens is 1. The standard InChI is InChI=1S/C25H25N3OS/c1-18(2)16-21-15-14-20(17-26)24(27-21)30-19(3)25(29)28(22-10-6-4-7-11-22)23-12-8-5-9-13-23/h4-15,18-19H,16H2,1-3H3. The van der Waals surface area contributed by atoms with Crippen LogP contribution in [-0.2, 0) is 11.2 Å². The van der Waals surface area contributed by atoms with E-state index in [2.05, 4.69) is 24.9 Å². The summed E-state index contributed by atoms with van der Waals surface area (Å²) in [6, 6.07) is 25.1. The fourth-order valence-electron chi connectivity index (χ4n) is 3.14. The van der Waals surface area contributed by atoms with E-state index >= 15 is 0 Å². The number of nitrogens with zero attached hydrogens (tertiary/aromatic N) is 3. The van der Waals surface area contributed by atoms with Gasteiger partial charge in [-0.05, 0) is 55.7 Å². The number of pyridine rings is 1. The quantitative estimate of drug-likeness (QED) is 0.444. The molecule has 1 atom stereocenters. The summed E-state index contributed by atoms with van der Waals surface area (Å²) in [6.07, 6.45) is 0.835. The monoisotopic (exact) mass is 415 g/mol. The molecule has 1 amide bonds. The molecule has 152 valence electrons. The Kier molecular flexibility index (Phi) is 7.26. The Labute approximate surface area is 182 Å². The highest BCUT2D eigenvalue weighted by molar-refractivity contribution is 8.00. The van der Waals surface area contributed by atoms with E-state index in [1.54, 1.807) is 11.0 Å². The van der Waals surface area contributed by atoms with Crippen molar-refractivity contribution in [3.8, 4) is 6.07 Å². The largest absolute Gasteiger partial charge is 0.280 e. The number of hydrogen-bond donors (Lipinski definition) is 0. The van der Waals surface area contributed by atoms with Crippen LogP contribution in [0.25, 0.3) is 0 Å². The maximum atomic E-state index is 13.5. The third-order valence-electron chi connectivity index (χ3n) is 4.54. The highest BCUT2D eigenvalue weighted by atomic mass is 32.2. The molecule has 0 N–H and O–H groups in total. The molecular weight excluding hydrogens is 390 g/mol. The van der Waals surface area contributed by atoms with Crippen LogP contribution in [-0.4, -0.2) is 16.1 Å². The van der Waals surface area contributed by atoms with Crippen LogP contribution in [0.5, 0.6) is 0 Å². The molecule has 0 spiro atoms. The van der Waals surface area contributed by atoms with Gasteiger partial charge in [-0.15, -0.1) is 0 Å². The first kappa shape index (κ1) is 21.6. The Morgan fingerprint density at radius 1 is 0.967 bits per heavy atom. The van der Waals surface area contributed by atoms with E-state index in [1.165, 1.54) is 11.8 Å². The number of nitriles is 1. The van der Waals surface area contributed by atoms with Gasteiger partial charge in [0.1, 0.15) is 11.1 Å². The number of thioether (sulfide) groups is 1. The van der Waals surface area contributed by atoms with Crippen LogP contribution < -0.4 is 4.90 Å². The molecule has 3 rings (SSSR count). The highest BCUT2D eigenvalue weighted by Crippen LogP contribution is 2.32. The van der Waals surface area contributed by atoms with Crippen molar-refractivity contribution in [2.75, 3.05) is 4.90 Å². The summed E-state index contributed by atoms with van der Waals surface area (Å²) < 4.78 is 0. The van der Waals surface area contributed by atoms with E-state index in [9.17, 15) is 10.1 Å². The Bertz CT molecular complexity index is 990. The smallest absolute Gasteiger partial charge is 0.244 e. The van der Waals surface area contributed by atoms with Crippen molar-refractivity contribution < 1.29 is 4.79 Å². The average molecular weight is 416 g/mol. The predicted molar refractivity (Wildman–Crippen MR) is 123 cm³/mol. The van der Waals surface area contributed by atoms with Crippen LogP contribution in [0.3, 0.4) is 0 Å². The first-order valence-corrected chi connectivity index (χ1v) is 10.9. The van der Waals surface area contributed by atoms with Gasteiger partial charge in [-0.1, -0.05) is 62.0 Å². The summed E-state index contributed by atoms with van der Waals surface area (Å²) >= 11 is 1.34. The summed E-state index contributed by atoms with van der Waals surface area (Å²) in [5, 5.41) is 9.70. The van der Waals surface area contributed by atoms with Gasteiger partial charge in [-0.25, -0.2) is 4.98 Å². The molecule has 0 saturated carbocycles. The molecule has 1 unspecified atom stereocenters. The maximum Gasteiger partial charge on any atom is 0.244 e. The van der Waals surface area contributed by atoms with Crippen LogP contribution in [0.4, 0.5) is 11.4 Å². The van der Waals surface area contributed by atoms with Crippen LogP contribution >= 0.6 is 11.8 Å². The first-order valence-electron chi connectivity index (χ1n) is 10.0. The number of carbonyl (C=O) groups is 1. The number of benzene rings is 2. The maximum absolute atomic E-state index is 13.5. The van der Waals surface area contributed by atoms with Crippen molar-refractivity contribution >= 4 is 29.0 Å². The molecule has 30 heavy (non-hydrogen) atoms. The molecule has 2 aromatic carbocycles. The molecule has 1 aromatic heterocycles. The lowest BCUT2D eigenvalue weighted by molar-refractivity contribution is -0.117. The zero-order valence-electron chi connectivity index (χ0n) is 17.4. The third-order valence-corrected chi connectivity index (χ3v) is 5.63. The Hall–Kier alpha value is -3.10. The molecule has 0 aliphatic carbocycles. The molecule has 1 heterocycles. The van der Waals surface area contributed by atoms with Crippen molar-refractivity contribution in [1.82, 2.24) is 4.98 Å². The summed E-state index contributed by atoms with van der Waals surface area (Å²) in [5.41, 5.74) is 3.05. The number of hydrogen-bond acceptors (Lipinski definition) is 4. The lowest BCUT2D eigenvalue weighted by Crippen LogP contribution is -2.32. The minimum absolute atomic E-state index is 0.0580. The molecular formula is C25H25N3OS. The lowest BCUT2D eigenvalue weighted by atomic mass is 10.1.